The highest BCUT2D eigenvalue weighted by Gasteiger charge is 2.17. The highest BCUT2D eigenvalue weighted by Crippen LogP contribution is 2.26. The van der Waals surface area contributed by atoms with Crippen LogP contribution < -0.4 is 5.32 Å². The molecule has 0 fully saturated rings. The highest BCUT2D eigenvalue weighted by molar-refractivity contribution is 7.09. The number of nitrogens with one attached hydrogen (secondary N) is 1. The number of aryl methyl sites for hydroxylation is 1. The lowest BCUT2D eigenvalue weighted by atomic mass is 10.0. The molecule has 19 heavy (non-hydrogen) atoms. The van der Waals surface area contributed by atoms with Gasteiger partial charge in [-0.05, 0) is 37.9 Å². The molecule has 1 aromatic carbocycles. The Labute approximate surface area is 117 Å². The number of nitrogens with zero attached hydrogens (tertiary/aromatic N) is 1. The SMILES string of the molecule is CCCNC(Cc1ccccc1F)c1scnc1C. The standard InChI is InChI=1S/C15H19FN2S/c1-3-8-17-14(15-11(2)18-10-19-15)9-12-6-4-5-7-13(12)16/h4-7,10,14,17H,3,8-9H2,1-2H3. The largest absolute Gasteiger partial charge is 0.309 e. The number of rotatable bonds is 6. The Morgan fingerprint density at radius 3 is 2.79 bits per heavy atom. The minimum absolute atomic E-state index is 0.132. The van der Waals surface area contributed by atoms with Gasteiger partial charge in [0.2, 0.25) is 0 Å². The molecule has 0 saturated heterocycles. The van der Waals surface area contributed by atoms with Crippen molar-refractivity contribution in [3.8, 4) is 0 Å². The molecule has 1 unspecified atom stereocenters. The molecule has 0 amide bonds. The fraction of sp³-hybridized carbons (Fsp3) is 0.400. The summed E-state index contributed by atoms with van der Waals surface area (Å²) in [5.74, 6) is -0.132. The number of hydrogen-bond acceptors (Lipinski definition) is 3. The van der Waals surface area contributed by atoms with Crippen molar-refractivity contribution in [2.45, 2.75) is 32.7 Å². The monoisotopic (exact) mass is 278 g/mol. The van der Waals surface area contributed by atoms with Crippen LogP contribution in [0.4, 0.5) is 4.39 Å². The minimum atomic E-state index is -0.132. The average Bonchev–Trinajstić information content (AvgIpc) is 2.83. The first-order valence-corrected chi connectivity index (χ1v) is 7.47. The van der Waals surface area contributed by atoms with Crippen LogP contribution in [-0.2, 0) is 6.42 Å². The van der Waals surface area contributed by atoms with Gasteiger partial charge in [0, 0.05) is 10.9 Å². The van der Waals surface area contributed by atoms with Crippen LogP contribution in [0.5, 0.6) is 0 Å². The van der Waals surface area contributed by atoms with Crippen LogP contribution in [0.2, 0.25) is 0 Å². The van der Waals surface area contributed by atoms with E-state index in [0.717, 1.165) is 24.2 Å². The fourth-order valence-corrected chi connectivity index (χ4v) is 2.98. The number of benzene rings is 1. The lowest BCUT2D eigenvalue weighted by Gasteiger charge is -2.18. The Hall–Kier alpha value is -1.26. The summed E-state index contributed by atoms with van der Waals surface area (Å²) in [7, 11) is 0. The Kier molecular flexibility index (Phi) is 5.05. The number of halogens is 1. The van der Waals surface area contributed by atoms with Crippen molar-refractivity contribution in [1.82, 2.24) is 10.3 Å². The molecule has 2 rings (SSSR count). The van der Waals surface area contributed by atoms with Crippen molar-refractivity contribution in [2.24, 2.45) is 0 Å². The number of aromatic nitrogens is 1. The second-order valence-corrected chi connectivity index (χ2v) is 5.49. The van der Waals surface area contributed by atoms with E-state index >= 15 is 0 Å². The van der Waals surface area contributed by atoms with Crippen molar-refractivity contribution >= 4 is 11.3 Å². The summed E-state index contributed by atoms with van der Waals surface area (Å²) in [6.45, 7) is 5.07. The van der Waals surface area contributed by atoms with Crippen molar-refractivity contribution in [3.63, 3.8) is 0 Å². The molecule has 2 nitrogen and oxygen atoms in total. The summed E-state index contributed by atoms with van der Waals surface area (Å²) in [6.07, 6.45) is 1.72. The minimum Gasteiger partial charge on any atom is -0.309 e. The van der Waals surface area contributed by atoms with Gasteiger partial charge in [0.1, 0.15) is 5.82 Å². The van der Waals surface area contributed by atoms with Gasteiger partial charge in [-0.15, -0.1) is 11.3 Å². The molecule has 0 spiro atoms. The third kappa shape index (κ3) is 3.61. The van der Waals surface area contributed by atoms with Gasteiger partial charge in [-0.1, -0.05) is 25.1 Å². The van der Waals surface area contributed by atoms with Crippen molar-refractivity contribution < 1.29 is 4.39 Å². The van der Waals surface area contributed by atoms with Gasteiger partial charge in [-0.3, -0.25) is 0 Å². The maximum Gasteiger partial charge on any atom is 0.126 e. The van der Waals surface area contributed by atoms with Crippen molar-refractivity contribution in [3.05, 3.63) is 51.7 Å². The van der Waals surface area contributed by atoms with E-state index < -0.39 is 0 Å². The molecule has 0 saturated carbocycles. The van der Waals surface area contributed by atoms with Crippen LogP contribution in [0, 0.1) is 12.7 Å². The van der Waals surface area contributed by atoms with Crippen LogP contribution in [0.15, 0.2) is 29.8 Å². The van der Waals surface area contributed by atoms with Crippen LogP contribution in [-0.4, -0.2) is 11.5 Å². The fourth-order valence-electron chi connectivity index (χ4n) is 2.11. The molecule has 102 valence electrons. The van der Waals surface area contributed by atoms with E-state index in [1.165, 1.54) is 10.9 Å². The molecule has 1 N–H and O–H groups in total. The summed E-state index contributed by atoms with van der Waals surface area (Å²) in [5.41, 5.74) is 3.64. The van der Waals surface area contributed by atoms with Crippen LogP contribution in [0.25, 0.3) is 0 Å². The molecule has 0 aliphatic rings. The zero-order valence-corrected chi connectivity index (χ0v) is 12.1. The molecular formula is C15H19FN2S. The van der Waals surface area contributed by atoms with Gasteiger partial charge in [-0.2, -0.15) is 0 Å². The average molecular weight is 278 g/mol. The third-order valence-electron chi connectivity index (χ3n) is 3.12. The molecule has 1 heterocycles. The van der Waals surface area contributed by atoms with E-state index in [4.69, 9.17) is 0 Å². The quantitative estimate of drug-likeness (QED) is 0.867. The molecule has 1 atom stereocenters. The van der Waals surface area contributed by atoms with E-state index in [9.17, 15) is 4.39 Å². The van der Waals surface area contributed by atoms with Crippen LogP contribution in [0.1, 0.15) is 35.5 Å². The zero-order valence-electron chi connectivity index (χ0n) is 11.3. The Balaban J connectivity index is 2.19. The smallest absolute Gasteiger partial charge is 0.126 e. The lowest BCUT2D eigenvalue weighted by molar-refractivity contribution is 0.517. The first-order chi connectivity index (χ1) is 9.22. The van der Waals surface area contributed by atoms with E-state index in [2.05, 4.69) is 17.2 Å². The van der Waals surface area contributed by atoms with Gasteiger partial charge < -0.3 is 5.32 Å². The van der Waals surface area contributed by atoms with Crippen LogP contribution in [0.3, 0.4) is 0 Å². The predicted octanol–water partition coefficient (Wildman–Crippen LogP) is 3.87. The summed E-state index contributed by atoms with van der Waals surface area (Å²) in [6, 6.07) is 7.13. The molecule has 0 aliphatic carbocycles. The predicted molar refractivity (Wildman–Crippen MR) is 78.0 cm³/mol. The Morgan fingerprint density at radius 1 is 1.37 bits per heavy atom. The molecule has 0 bridgehead atoms. The van der Waals surface area contributed by atoms with Crippen LogP contribution >= 0.6 is 11.3 Å². The summed E-state index contributed by atoms with van der Waals surface area (Å²) >= 11 is 1.64. The van der Waals surface area contributed by atoms with Gasteiger partial charge >= 0.3 is 0 Å². The van der Waals surface area contributed by atoms with E-state index in [1.54, 1.807) is 17.4 Å². The number of hydrogen-bond donors (Lipinski definition) is 1. The molecule has 0 radical (unpaired) electrons. The summed E-state index contributed by atoms with van der Waals surface area (Å²) in [5, 5.41) is 3.49. The maximum absolute atomic E-state index is 13.8. The number of thiazole rings is 1. The normalized spacial score (nSPS) is 12.6. The second-order valence-electron chi connectivity index (χ2n) is 4.60. The Bertz CT molecular complexity index is 524. The van der Waals surface area contributed by atoms with E-state index in [-0.39, 0.29) is 11.9 Å². The van der Waals surface area contributed by atoms with Crippen molar-refractivity contribution in [2.75, 3.05) is 6.54 Å². The maximum atomic E-state index is 13.8. The van der Waals surface area contributed by atoms with Gasteiger partial charge in [0.05, 0.1) is 11.2 Å². The van der Waals surface area contributed by atoms with Crippen molar-refractivity contribution in [1.29, 1.82) is 0 Å². The van der Waals surface area contributed by atoms with Gasteiger partial charge in [-0.25, -0.2) is 9.37 Å². The highest BCUT2D eigenvalue weighted by atomic mass is 32.1. The molecule has 0 aliphatic heterocycles. The molecule has 2 aromatic rings. The van der Waals surface area contributed by atoms with Gasteiger partial charge in [0.25, 0.3) is 0 Å². The zero-order chi connectivity index (χ0) is 13.7. The third-order valence-corrected chi connectivity index (χ3v) is 4.17. The topological polar surface area (TPSA) is 24.9 Å². The summed E-state index contributed by atoms with van der Waals surface area (Å²) < 4.78 is 13.8. The first kappa shape index (κ1) is 14.2. The molecular weight excluding hydrogens is 259 g/mol. The second kappa shape index (κ2) is 6.78. The van der Waals surface area contributed by atoms with Gasteiger partial charge in [0.15, 0.2) is 0 Å². The first-order valence-electron chi connectivity index (χ1n) is 6.59. The van der Waals surface area contributed by atoms with E-state index in [1.807, 2.05) is 24.6 Å². The Morgan fingerprint density at radius 2 is 2.16 bits per heavy atom. The van der Waals surface area contributed by atoms with E-state index in [0.29, 0.717) is 6.42 Å². The molecule has 1 aromatic heterocycles. The lowest BCUT2D eigenvalue weighted by Crippen LogP contribution is -2.24. The molecule has 4 heteroatoms. The summed E-state index contributed by atoms with van der Waals surface area (Å²) in [4.78, 5) is 5.50.